The van der Waals surface area contributed by atoms with E-state index in [1.807, 2.05) is 6.07 Å². The first-order valence-electron chi connectivity index (χ1n) is 4.31. The zero-order valence-corrected chi connectivity index (χ0v) is 7.63. The lowest BCUT2D eigenvalue weighted by Crippen LogP contribution is -2.28. The number of carboxylic acid groups (broad SMARTS) is 1. The summed E-state index contributed by atoms with van der Waals surface area (Å²) in [6.07, 6.45) is -1.38. The highest BCUT2D eigenvalue weighted by molar-refractivity contribution is 5.67. The predicted octanol–water partition coefficient (Wildman–Crippen LogP) is 0.522. The van der Waals surface area contributed by atoms with Gasteiger partial charge >= 0.3 is 5.97 Å². The molecule has 0 fully saturated rings. The summed E-state index contributed by atoms with van der Waals surface area (Å²) >= 11 is 0. The molecule has 4 nitrogen and oxygen atoms in total. The van der Waals surface area contributed by atoms with Crippen LogP contribution in [-0.4, -0.2) is 22.3 Å². The zero-order valence-electron chi connectivity index (χ0n) is 7.63. The summed E-state index contributed by atoms with van der Waals surface area (Å²) in [6, 6.07) is 8.30. The number of nitrogens with two attached hydrogens (primary N) is 1. The van der Waals surface area contributed by atoms with Gasteiger partial charge in [-0.05, 0) is 5.56 Å². The van der Waals surface area contributed by atoms with E-state index < -0.39 is 18.1 Å². The van der Waals surface area contributed by atoms with Crippen molar-refractivity contribution in [3.63, 3.8) is 0 Å². The van der Waals surface area contributed by atoms with Gasteiger partial charge in [-0.2, -0.15) is 0 Å². The Bertz CT molecular complexity index is 299. The Kier molecular flexibility index (Phi) is 3.62. The van der Waals surface area contributed by atoms with E-state index in [1.165, 1.54) is 0 Å². The molecule has 1 aromatic carbocycles. The third kappa shape index (κ3) is 2.83. The molecular formula is C10H13NO3. The Labute approximate surface area is 82.0 Å². The van der Waals surface area contributed by atoms with Gasteiger partial charge in [-0.15, -0.1) is 0 Å². The van der Waals surface area contributed by atoms with Crippen LogP contribution >= 0.6 is 0 Å². The smallest absolute Gasteiger partial charge is 0.306 e. The van der Waals surface area contributed by atoms with Gasteiger partial charge in [0.05, 0.1) is 18.6 Å². The second-order valence-corrected chi connectivity index (χ2v) is 3.10. The van der Waals surface area contributed by atoms with Crippen molar-refractivity contribution in [3.8, 4) is 0 Å². The largest absolute Gasteiger partial charge is 0.481 e. The highest BCUT2D eigenvalue weighted by Crippen LogP contribution is 2.15. The van der Waals surface area contributed by atoms with Gasteiger partial charge in [-0.25, -0.2) is 0 Å². The minimum absolute atomic E-state index is 0.337. The fourth-order valence-electron chi connectivity index (χ4n) is 1.20. The quantitative estimate of drug-likeness (QED) is 0.654. The van der Waals surface area contributed by atoms with Crippen LogP contribution in [0.25, 0.3) is 0 Å². The molecule has 2 atom stereocenters. The Balaban J connectivity index is 2.65. The fourth-order valence-corrected chi connectivity index (χ4v) is 1.20. The van der Waals surface area contributed by atoms with E-state index in [0.717, 1.165) is 5.56 Å². The van der Waals surface area contributed by atoms with Crippen LogP contribution in [0.1, 0.15) is 18.0 Å². The number of aliphatic hydroxyl groups is 1. The highest BCUT2D eigenvalue weighted by atomic mass is 16.4. The number of aliphatic carboxylic acids is 1. The standard InChI is InChI=1S/C10H13NO3/c11-10(8(12)6-9(13)14)7-4-2-1-3-5-7/h1-5,8,10,12H,6,11H2,(H,13,14)/t8-,10-/m1/s1. The van der Waals surface area contributed by atoms with Crippen LogP contribution in [0.15, 0.2) is 30.3 Å². The Hall–Kier alpha value is -1.39. The molecule has 0 aliphatic heterocycles. The molecule has 14 heavy (non-hydrogen) atoms. The van der Waals surface area contributed by atoms with Gasteiger partial charge in [0.25, 0.3) is 0 Å². The summed E-state index contributed by atoms with van der Waals surface area (Å²) in [4.78, 5) is 10.3. The first kappa shape index (κ1) is 10.7. The van der Waals surface area contributed by atoms with E-state index in [0.29, 0.717) is 0 Å². The van der Waals surface area contributed by atoms with Gasteiger partial charge in [0.1, 0.15) is 0 Å². The molecule has 0 bridgehead atoms. The molecule has 0 heterocycles. The number of carbonyl (C=O) groups is 1. The van der Waals surface area contributed by atoms with Crippen LogP contribution in [0.3, 0.4) is 0 Å². The van der Waals surface area contributed by atoms with Crippen molar-refractivity contribution >= 4 is 5.97 Å². The number of carboxylic acids is 1. The average Bonchev–Trinajstić information content (AvgIpc) is 2.17. The van der Waals surface area contributed by atoms with E-state index >= 15 is 0 Å². The lowest BCUT2D eigenvalue weighted by Gasteiger charge is -2.17. The van der Waals surface area contributed by atoms with E-state index in [2.05, 4.69) is 0 Å². The Morgan fingerprint density at radius 2 is 1.93 bits per heavy atom. The molecule has 1 aromatic rings. The molecule has 0 saturated carbocycles. The Morgan fingerprint density at radius 3 is 2.43 bits per heavy atom. The number of hydrogen-bond acceptors (Lipinski definition) is 3. The second-order valence-electron chi connectivity index (χ2n) is 3.10. The fraction of sp³-hybridized carbons (Fsp3) is 0.300. The lowest BCUT2D eigenvalue weighted by molar-refractivity contribution is -0.139. The number of benzene rings is 1. The van der Waals surface area contributed by atoms with E-state index in [-0.39, 0.29) is 6.42 Å². The predicted molar refractivity (Wildman–Crippen MR) is 51.6 cm³/mol. The van der Waals surface area contributed by atoms with Crippen molar-refractivity contribution in [1.82, 2.24) is 0 Å². The molecule has 0 aromatic heterocycles. The number of hydrogen-bond donors (Lipinski definition) is 3. The first-order chi connectivity index (χ1) is 6.61. The molecule has 0 radical (unpaired) electrons. The minimum atomic E-state index is -1.05. The monoisotopic (exact) mass is 195 g/mol. The van der Waals surface area contributed by atoms with E-state index in [1.54, 1.807) is 24.3 Å². The zero-order chi connectivity index (χ0) is 10.6. The highest BCUT2D eigenvalue weighted by Gasteiger charge is 2.19. The molecule has 0 spiro atoms. The molecule has 76 valence electrons. The van der Waals surface area contributed by atoms with Crippen molar-refractivity contribution in [3.05, 3.63) is 35.9 Å². The molecule has 4 heteroatoms. The summed E-state index contributed by atoms with van der Waals surface area (Å²) in [7, 11) is 0. The van der Waals surface area contributed by atoms with Gasteiger partial charge in [-0.1, -0.05) is 30.3 Å². The topological polar surface area (TPSA) is 83.5 Å². The van der Waals surface area contributed by atoms with Crippen molar-refractivity contribution in [1.29, 1.82) is 0 Å². The maximum atomic E-state index is 10.3. The van der Waals surface area contributed by atoms with Gasteiger partial charge in [0, 0.05) is 0 Å². The van der Waals surface area contributed by atoms with Gasteiger partial charge in [0.2, 0.25) is 0 Å². The molecule has 4 N–H and O–H groups in total. The van der Waals surface area contributed by atoms with Gasteiger partial charge < -0.3 is 15.9 Å². The normalized spacial score (nSPS) is 14.7. The molecule has 0 unspecified atom stereocenters. The second kappa shape index (κ2) is 4.74. The van der Waals surface area contributed by atoms with Crippen molar-refractivity contribution in [2.24, 2.45) is 5.73 Å². The molecule has 0 amide bonds. The third-order valence-electron chi connectivity index (χ3n) is 1.98. The Morgan fingerprint density at radius 1 is 1.36 bits per heavy atom. The molecule has 0 aliphatic carbocycles. The van der Waals surface area contributed by atoms with Crippen molar-refractivity contribution < 1.29 is 15.0 Å². The van der Waals surface area contributed by atoms with Crippen LogP contribution in [0.4, 0.5) is 0 Å². The van der Waals surface area contributed by atoms with Gasteiger partial charge in [-0.3, -0.25) is 4.79 Å². The molecule has 1 rings (SSSR count). The van der Waals surface area contributed by atoms with Crippen molar-refractivity contribution in [2.75, 3.05) is 0 Å². The maximum Gasteiger partial charge on any atom is 0.306 e. The summed E-state index contributed by atoms with van der Waals surface area (Å²) in [6.45, 7) is 0. The minimum Gasteiger partial charge on any atom is -0.481 e. The maximum absolute atomic E-state index is 10.3. The first-order valence-corrected chi connectivity index (χ1v) is 4.31. The number of aliphatic hydroxyl groups excluding tert-OH is 1. The van der Waals surface area contributed by atoms with Crippen LogP contribution in [-0.2, 0) is 4.79 Å². The number of rotatable bonds is 4. The lowest BCUT2D eigenvalue weighted by atomic mass is 10.0. The summed E-state index contributed by atoms with van der Waals surface area (Å²) < 4.78 is 0. The summed E-state index contributed by atoms with van der Waals surface area (Å²) in [5, 5.41) is 17.9. The SMILES string of the molecule is N[C@H](c1ccccc1)[C@H](O)CC(=O)O. The van der Waals surface area contributed by atoms with Crippen LogP contribution < -0.4 is 5.73 Å². The van der Waals surface area contributed by atoms with E-state index in [9.17, 15) is 9.90 Å². The summed E-state index contributed by atoms with van der Waals surface area (Å²) in [5.41, 5.74) is 6.41. The van der Waals surface area contributed by atoms with Crippen LogP contribution in [0.2, 0.25) is 0 Å². The third-order valence-corrected chi connectivity index (χ3v) is 1.98. The van der Waals surface area contributed by atoms with Gasteiger partial charge in [0.15, 0.2) is 0 Å². The van der Waals surface area contributed by atoms with Crippen LogP contribution in [0, 0.1) is 0 Å². The molecule has 0 aliphatic rings. The van der Waals surface area contributed by atoms with E-state index in [4.69, 9.17) is 10.8 Å². The molecule has 0 saturated heterocycles. The molecular weight excluding hydrogens is 182 g/mol. The van der Waals surface area contributed by atoms with Crippen molar-refractivity contribution in [2.45, 2.75) is 18.6 Å². The summed E-state index contributed by atoms with van der Waals surface area (Å²) in [5.74, 6) is -1.05. The van der Waals surface area contributed by atoms with Crippen LogP contribution in [0.5, 0.6) is 0 Å². The average molecular weight is 195 g/mol.